The van der Waals surface area contributed by atoms with Gasteiger partial charge in [0.25, 0.3) is 0 Å². The monoisotopic (exact) mass is 259 g/mol. The fraction of sp³-hybridized carbons (Fsp3) is 0.333. The standard InChI is InChI=1S/C12H13N5S/c1-3-14-8(2)11-16-17-12(18-11)10-5-4-9(6-13)7-15-10/h4-5,7-8,14H,3H2,1-2H3. The fourth-order valence-electron chi connectivity index (χ4n) is 1.49. The van der Waals surface area contributed by atoms with Crippen LogP contribution in [0.2, 0.25) is 0 Å². The zero-order valence-corrected chi connectivity index (χ0v) is 11.0. The molecule has 0 amide bonds. The van der Waals surface area contributed by atoms with E-state index in [-0.39, 0.29) is 6.04 Å². The van der Waals surface area contributed by atoms with Gasteiger partial charge in [-0.3, -0.25) is 4.98 Å². The van der Waals surface area contributed by atoms with E-state index >= 15 is 0 Å². The summed E-state index contributed by atoms with van der Waals surface area (Å²) in [4.78, 5) is 4.20. The lowest BCUT2D eigenvalue weighted by atomic mass is 10.3. The third-order valence-electron chi connectivity index (χ3n) is 2.43. The molecule has 0 aliphatic heterocycles. The predicted molar refractivity (Wildman–Crippen MR) is 69.9 cm³/mol. The van der Waals surface area contributed by atoms with Crippen LogP contribution in [0.3, 0.4) is 0 Å². The Morgan fingerprint density at radius 1 is 1.44 bits per heavy atom. The van der Waals surface area contributed by atoms with Gasteiger partial charge >= 0.3 is 0 Å². The van der Waals surface area contributed by atoms with Crippen molar-refractivity contribution >= 4 is 11.3 Å². The maximum atomic E-state index is 8.71. The molecule has 0 aliphatic carbocycles. The average Bonchev–Trinajstić information content (AvgIpc) is 2.89. The van der Waals surface area contributed by atoms with Crippen molar-refractivity contribution in [2.24, 2.45) is 0 Å². The molecule has 0 saturated heterocycles. The predicted octanol–water partition coefficient (Wildman–Crippen LogP) is 2.14. The van der Waals surface area contributed by atoms with Crippen LogP contribution in [0.25, 0.3) is 10.7 Å². The molecule has 6 heteroatoms. The van der Waals surface area contributed by atoms with Gasteiger partial charge in [-0.05, 0) is 25.6 Å². The van der Waals surface area contributed by atoms with E-state index in [4.69, 9.17) is 5.26 Å². The molecule has 0 spiro atoms. The second-order valence-corrected chi connectivity index (χ2v) is 4.78. The summed E-state index contributed by atoms with van der Waals surface area (Å²) in [5.74, 6) is 0. The van der Waals surface area contributed by atoms with Crippen molar-refractivity contribution in [2.75, 3.05) is 6.54 Å². The molecule has 92 valence electrons. The van der Waals surface area contributed by atoms with Gasteiger partial charge in [0.15, 0.2) is 5.01 Å². The molecule has 0 aromatic carbocycles. The van der Waals surface area contributed by atoms with E-state index in [0.29, 0.717) is 5.56 Å². The second-order valence-electron chi connectivity index (χ2n) is 3.77. The smallest absolute Gasteiger partial charge is 0.166 e. The number of hydrogen-bond donors (Lipinski definition) is 1. The molecule has 18 heavy (non-hydrogen) atoms. The maximum Gasteiger partial charge on any atom is 0.166 e. The summed E-state index contributed by atoms with van der Waals surface area (Å²) in [6.07, 6.45) is 1.55. The number of aromatic nitrogens is 3. The topological polar surface area (TPSA) is 74.5 Å². The number of nitriles is 1. The lowest BCUT2D eigenvalue weighted by Crippen LogP contribution is -2.17. The molecule has 2 aromatic rings. The van der Waals surface area contributed by atoms with Crippen LogP contribution in [0.4, 0.5) is 0 Å². The number of nitrogens with one attached hydrogen (secondary N) is 1. The first-order chi connectivity index (χ1) is 8.74. The Morgan fingerprint density at radius 3 is 2.89 bits per heavy atom. The highest BCUT2D eigenvalue weighted by atomic mass is 32.1. The van der Waals surface area contributed by atoms with Gasteiger partial charge in [0.05, 0.1) is 11.6 Å². The van der Waals surface area contributed by atoms with Crippen LogP contribution in [0, 0.1) is 11.3 Å². The molecule has 0 bridgehead atoms. The van der Waals surface area contributed by atoms with Crippen molar-refractivity contribution in [1.82, 2.24) is 20.5 Å². The van der Waals surface area contributed by atoms with Crippen LogP contribution < -0.4 is 5.32 Å². The summed E-state index contributed by atoms with van der Waals surface area (Å²) in [5.41, 5.74) is 1.30. The minimum absolute atomic E-state index is 0.194. The van der Waals surface area contributed by atoms with Gasteiger partial charge in [0.1, 0.15) is 16.8 Å². The molecule has 1 N–H and O–H groups in total. The SMILES string of the molecule is CCNC(C)c1nnc(-c2ccc(C#N)cn2)s1. The van der Waals surface area contributed by atoms with Gasteiger partial charge in [-0.2, -0.15) is 5.26 Å². The van der Waals surface area contributed by atoms with Crippen LogP contribution in [-0.4, -0.2) is 21.7 Å². The normalized spacial score (nSPS) is 12.1. The highest BCUT2D eigenvalue weighted by Crippen LogP contribution is 2.25. The lowest BCUT2D eigenvalue weighted by Gasteiger charge is -2.06. The van der Waals surface area contributed by atoms with Gasteiger partial charge in [-0.15, -0.1) is 10.2 Å². The van der Waals surface area contributed by atoms with Gasteiger partial charge < -0.3 is 5.32 Å². The van der Waals surface area contributed by atoms with Gasteiger partial charge in [-0.25, -0.2) is 0 Å². The Hall–Kier alpha value is -1.84. The molecular weight excluding hydrogens is 246 g/mol. The highest BCUT2D eigenvalue weighted by Gasteiger charge is 2.12. The first-order valence-electron chi connectivity index (χ1n) is 5.68. The fourth-order valence-corrected chi connectivity index (χ4v) is 2.34. The molecule has 0 radical (unpaired) electrons. The summed E-state index contributed by atoms with van der Waals surface area (Å²) in [6.45, 7) is 5.01. The van der Waals surface area contributed by atoms with Crippen molar-refractivity contribution in [3.8, 4) is 16.8 Å². The zero-order chi connectivity index (χ0) is 13.0. The van der Waals surface area contributed by atoms with Crippen molar-refractivity contribution < 1.29 is 0 Å². The molecule has 0 saturated carbocycles. The largest absolute Gasteiger partial charge is 0.308 e. The van der Waals surface area contributed by atoms with Crippen molar-refractivity contribution in [3.05, 3.63) is 28.9 Å². The first-order valence-corrected chi connectivity index (χ1v) is 6.49. The Morgan fingerprint density at radius 2 is 2.28 bits per heavy atom. The van der Waals surface area contributed by atoms with Crippen LogP contribution in [0.5, 0.6) is 0 Å². The van der Waals surface area contributed by atoms with E-state index < -0.39 is 0 Å². The van der Waals surface area contributed by atoms with E-state index in [1.165, 1.54) is 11.3 Å². The molecule has 2 heterocycles. The second kappa shape index (κ2) is 5.67. The highest BCUT2D eigenvalue weighted by molar-refractivity contribution is 7.14. The van der Waals surface area contributed by atoms with Crippen LogP contribution in [-0.2, 0) is 0 Å². The van der Waals surface area contributed by atoms with Crippen LogP contribution in [0.15, 0.2) is 18.3 Å². The summed E-state index contributed by atoms with van der Waals surface area (Å²) in [7, 11) is 0. The third kappa shape index (κ3) is 2.70. The molecular formula is C12H13N5S. The number of hydrogen-bond acceptors (Lipinski definition) is 6. The summed E-state index contributed by atoms with van der Waals surface area (Å²) < 4.78 is 0. The van der Waals surface area contributed by atoms with Crippen molar-refractivity contribution in [3.63, 3.8) is 0 Å². The zero-order valence-electron chi connectivity index (χ0n) is 10.2. The van der Waals surface area contributed by atoms with E-state index in [1.807, 2.05) is 6.07 Å². The van der Waals surface area contributed by atoms with Gasteiger partial charge in [0.2, 0.25) is 0 Å². The van der Waals surface area contributed by atoms with E-state index in [0.717, 1.165) is 22.3 Å². The quantitative estimate of drug-likeness (QED) is 0.910. The first kappa shape index (κ1) is 12.6. The average molecular weight is 259 g/mol. The van der Waals surface area contributed by atoms with E-state index in [2.05, 4.69) is 34.3 Å². The minimum Gasteiger partial charge on any atom is -0.308 e. The van der Waals surface area contributed by atoms with Crippen LogP contribution in [0.1, 0.15) is 30.5 Å². The number of pyridine rings is 1. The lowest BCUT2D eigenvalue weighted by molar-refractivity contribution is 0.590. The molecule has 0 fully saturated rings. The number of nitrogens with zero attached hydrogens (tertiary/aromatic N) is 4. The van der Waals surface area contributed by atoms with E-state index in [1.54, 1.807) is 18.3 Å². The Balaban J connectivity index is 2.21. The Labute approximate surface area is 110 Å². The summed E-state index contributed by atoms with van der Waals surface area (Å²) in [6, 6.07) is 5.76. The molecule has 2 rings (SSSR count). The van der Waals surface area contributed by atoms with Gasteiger partial charge in [-0.1, -0.05) is 18.3 Å². The summed E-state index contributed by atoms with van der Waals surface area (Å²) in [5, 5.41) is 22.0. The maximum absolute atomic E-state index is 8.71. The third-order valence-corrected chi connectivity index (χ3v) is 3.56. The van der Waals surface area contributed by atoms with Crippen LogP contribution >= 0.6 is 11.3 Å². The molecule has 2 aromatic heterocycles. The van der Waals surface area contributed by atoms with Crippen molar-refractivity contribution in [2.45, 2.75) is 19.9 Å². The Bertz CT molecular complexity index is 555. The van der Waals surface area contributed by atoms with Gasteiger partial charge in [0, 0.05) is 6.20 Å². The van der Waals surface area contributed by atoms with E-state index in [9.17, 15) is 0 Å². The molecule has 1 atom stereocenters. The Kier molecular flexibility index (Phi) is 3.97. The van der Waals surface area contributed by atoms with Crippen molar-refractivity contribution in [1.29, 1.82) is 5.26 Å². The molecule has 5 nitrogen and oxygen atoms in total. The summed E-state index contributed by atoms with van der Waals surface area (Å²) >= 11 is 1.52. The molecule has 0 aliphatic rings. The number of rotatable bonds is 4. The minimum atomic E-state index is 0.194. The molecule has 1 unspecified atom stereocenters.